The monoisotopic (exact) mass is 401 g/mol. The third-order valence-electron chi connectivity index (χ3n) is 6.19. The summed E-state index contributed by atoms with van der Waals surface area (Å²) in [6, 6.07) is 1.51. The van der Waals surface area contributed by atoms with Crippen molar-refractivity contribution in [2.45, 2.75) is 38.3 Å². The average Bonchev–Trinajstić information content (AvgIpc) is 3.02. The first-order valence-corrected chi connectivity index (χ1v) is 9.46. The Morgan fingerprint density at radius 1 is 1.37 bits per heavy atom. The number of aromatic nitrogens is 1. The predicted octanol–water partition coefficient (Wildman–Crippen LogP) is 2.57. The SMILES string of the molecule is C[C@H]1[C@H](O)CN1c1cc(N2C[C@@H]3[C@H](CC(=O)O)[C@@H]3C2)c(Cl)c(C(C)(F)F)n1. The number of rotatable bonds is 5. The van der Waals surface area contributed by atoms with E-state index in [0.717, 1.165) is 6.92 Å². The molecule has 1 aromatic rings. The molecule has 0 bridgehead atoms. The summed E-state index contributed by atoms with van der Waals surface area (Å²) in [7, 11) is 0. The van der Waals surface area contributed by atoms with E-state index in [0.29, 0.717) is 31.1 Å². The molecule has 0 aromatic carbocycles. The smallest absolute Gasteiger partial charge is 0.303 e. The maximum atomic E-state index is 14.1. The van der Waals surface area contributed by atoms with Gasteiger partial charge in [0.25, 0.3) is 5.92 Å². The number of carbonyl (C=O) groups is 1. The molecule has 4 rings (SSSR count). The summed E-state index contributed by atoms with van der Waals surface area (Å²) < 4.78 is 28.2. The summed E-state index contributed by atoms with van der Waals surface area (Å²) in [5.41, 5.74) is 0.0426. The average molecular weight is 402 g/mol. The van der Waals surface area contributed by atoms with Gasteiger partial charge in [-0.1, -0.05) is 11.6 Å². The lowest BCUT2D eigenvalue weighted by molar-refractivity contribution is -0.137. The molecule has 1 saturated carbocycles. The minimum Gasteiger partial charge on any atom is -0.481 e. The fraction of sp³-hybridized carbons (Fsp3) is 0.667. The first kappa shape index (κ1) is 18.7. The Morgan fingerprint density at radius 2 is 2.00 bits per heavy atom. The van der Waals surface area contributed by atoms with Gasteiger partial charge in [-0.25, -0.2) is 4.98 Å². The largest absolute Gasteiger partial charge is 0.481 e. The number of hydrogen-bond acceptors (Lipinski definition) is 5. The van der Waals surface area contributed by atoms with Crippen molar-refractivity contribution in [2.75, 3.05) is 29.4 Å². The van der Waals surface area contributed by atoms with Crippen LogP contribution in [0.4, 0.5) is 20.3 Å². The van der Waals surface area contributed by atoms with Crippen LogP contribution in [0.5, 0.6) is 0 Å². The van der Waals surface area contributed by atoms with Crippen molar-refractivity contribution in [1.29, 1.82) is 0 Å². The van der Waals surface area contributed by atoms with E-state index in [-0.39, 0.29) is 35.2 Å². The van der Waals surface area contributed by atoms with Crippen LogP contribution in [0, 0.1) is 17.8 Å². The Morgan fingerprint density at radius 3 is 2.48 bits per heavy atom. The number of halogens is 3. The van der Waals surface area contributed by atoms with E-state index in [9.17, 15) is 18.7 Å². The molecule has 3 heterocycles. The Hall–Kier alpha value is -1.67. The van der Waals surface area contributed by atoms with Gasteiger partial charge in [-0.3, -0.25) is 4.79 Å². The number of hydrogen-bond donors (Lipinski definition) is 2. The van der Waals surface area contributed by atoms with Gasteiger partial charge >= 0.3 is 5.97 Å². The number of aliphatic carboxylic acids is 1. The Kier molecular flexibility index (Phi) is 4.27. The number of piperidine rings is 1. The third-order valence-corrected chi connectivity index (χ3v) is 6.56. The second kappa shape index (κ2) is 6.17. The van der Waals surface area contributed by atoms with Crippen molar-refractivity contribution < 1.29 is 23.8 Å². The van der Waals surface area contributed by atoms with Crippen molar-refractivity contribution in [3.63, 3.8) is 0 Å². The van der Waals surface area contributed by atoms with Gasteiger partial charge < -0.3 is 20.0 Å². The zero-order valence-corrected chi connectivity index (χ0v) is 15.8. The van der Waals surface area contributed by atoms with Crippen LogP contribution in [0.1, 0.15) is 26.0 Å². The van der Waals surface area contributed by atoms with Gasteiger partial charge in [0.1, 0.15) is 11.5 Å². The fourth-order valence-electron chi connectivity index (χ4n) is 4.41. The predicted molar refractivity (Wildman–Crippen MR) is 96.6 cm³/mol. The molecule has 1 aliphatic carbocycles. The summed E-state index contributed by atoms with van der Waals surface area (Å²) in [5.74, 6) is -2.91. The molecular formula is C18H22ClF2N3O3. The molecule has 0 unspecified atom stereocenters. The molecule has 0 spiro atoms. The van der Waals surface area contributed by atoms with Gasteiger partial charge in [-0.05, 0) is 24.7 Å². The number of alkyl halides is 2. The quantitative estimate of drug-likeness (QED) is 0.789. The highest BCUT2D eigenvalue weighted by molar-refractivity contribution is 6.34. The lowest BCUT2D eigenvalue weighted by Crippen LogP contribution is -2.59. The summed E-state index contributed by atoms with van der Waals surface area (Å²) in [5, 5.41) is 18.7. The van der Waals surface area contributed by atoms with Crippen LogP contribution in [0.2, 0.25) is 5.02 Å². The maximum absolute atomic E-state index is 14.1. The third kappa shape index (κ3) is 3.12. The summed E-state index contributed by atoms with van der Waals surface area (Å²) in [6.07, 6.45) is -0.354. The molecular weight excluding hydrogens is 380 g/mol. The maximum Gasteiger partial charge on any atom is 0.303 e. The zero-order chi connectivity index (χ0) is 19.7. The van der Waals surface area contributed by atoms with Gasteiger partial charge in [-0.2, -0.15) is 8.78 Å². The van der Waals surface area contributed by atoms with Gasteiger partial charge in [0.05, 0.1) is 22.9 Å². The van der Waals surface area contributed by atoms with Crippen LogP contribution in [0.15, 0.2) is 6.07 Å². The number of anilines is 2. The Balaban J connectivity index is 1.62. The number of aliphatic hydroxyl groups is 1. The topological polar surface area (TPSA) is 76.9 Å². The van der Waals surface area contributed by atoms with Crippen molar-refractivity contribution in [1.82, 2.24) is 4.98 Å². The van der Waals surface area contributed by atoms with Crippen LogP contribution in [0.25, 0.3) is 0 Å². The molecule has 1 aromatic heterocycles. The standard InChI is InChI=1S/C18H22ClF2N3O3/c1-8-13(25)7-24(8)14-4-12(16(19)17(22-14)18(2,20)21)23-5-10-9(3-15(26)27)11(10)6-23/h4,8-11,13,25H,3,5-7H2,1-2H3,(H,26,27)/t8-,9-,10+,11-,13+/m0/s1. The van der Waals surface area contributed by atoms with E-state index >= 15 is 0 Å². The van der Waals surface area contributed by atoms with Crippen LogP contribution < -0.4 is 9.80 Å². The van der Waals surface area contributed by atoms with Gasteiger partial charge in [0.2, 0.25) is 0 Å². The van der Waals surface area contributed by atoms with E-state index in [1.54, 1.807) is 11.0 Å². The lowest BCUT2D eigenvalue weighted by atomic mass is 10.0. The number of β-amino-alcohol motifs (C(OH)–C–C–N with tert-alkyl or cyclic N) is 1. The van der Waals surface area contributed by atoms with Gasteiger partial charge in [0, 0.05) is 39.0 Å². The molecule has 3 aliphatic rings. The molecule has 2 N–H and O–H groups in total. The highest BCUT2D eigenvalue weighted by Crippen LogP contribution is 2.55. The Bertz CT molecular complexity index is 776. The molecule has 0 amide bonds. The zero-order valence-electron chi connectivity index (χ0n) is 15.1. The number of aliphatic hydroxyl groups excluding tert-OH is 1. The minimum atomic E-state index is -3.19. The second-order valence-corrected chi connectivity index (χ2v) is 8.38. The number of pyridine rings is 1. The normalized spacial score (nSPS) is 32.3. The molecule has 0 radical (unpaired) electrons. The van der Waals surface area contributed by atoms with Crippen LogP contribution in [0.3, 0.4) is 0 Å². The van der Waals surface area contributed by atoms with Crippen LogP contribution >= 0.6 is 11.6 Å². The first-order valence-electron chi connectivity index (χ1n) is 9.08. The molecule has 9 heteroatoms. The van der Waals surface area contributed by atoms with Crippen molar-refractivity contribution in [2.24, 2.45) is 17.8 Å². The summed E-state index contributed by atoms with van der Waals surface area (Å²) in [4.78, 5) is 18.7. The number of fused-ring (bicyclic) bond motifs is 1. The number of carboxylic acids is 1. The molecule has 27 heavy (non-hydrogen) atoms. The minimum absolute atomic E-state index is 0.0592. The van der Waals surface area contributed by atoms with Gasteiger partial charge in [-0.15, -0.1) is 0 Å². The van der Waals surface area contributed by atoms with Crippen molar-refractivity contribution in [3.8, 4) is 0 Å². The van der Waals surface area contributed by atoms with Crippen LogP contribution in [-0.2, 0) is 10.7 Å². The van der Waals surface area contributed by atoms with E-state index < -0.39 is 23.7 Å². The van der Waals surface area contributed by atoms with E-state index in [2.05, 4.69) is 4.98 Å². The van der Waals surface area contributed by atoms with Crippen molar-refractivity contribution >= 4 is 29.1 Å². The molecule has 2 aliphatic heterocycles. The fourth-order valence-corrected chi connectivity index (χ4v) is 4.80. The first-order chi connectivity index (χ1) is 12.6. The Labute approximate surface area is 160 Å². The summed E-state index contributed by atoms with van der Waals surface area (Å²) >= 11 is 6.31. The van der Waals surface area contributed by atoms with Crippen LogP contribution in [-0.4, -0.2) is 52.9 Å². The molecule has 2 saturated heterocycles. The number of carboxylic acid groups (broad SMARTS) is 1. The second-order valence-electron chi connectivity index (χ2n) is 8.01. The molecule has 5 atom stereocenters. The van der Waals surface area contributed by atoms with E-state index in [4.69, 9.17) is 16.7 Å². The lowest BCUT2D eigenvalue weighted by Gasteiger charge is -2.44. The van der Waals surface area contributed by atoms with Crippen molar-refractivity contribution in [3.05, 3.63) is 16.8 Å². The molecule has 3 fully saturated rings. The van der Waals surface area contributed by atoms with E-state index in [1.165, 1.54) is 0 Å². The summed E-state index contributed by atoms with van der Waals surface area (Å²) in [6.45, 7) is 4.15. The molecule has 6 nitrogen and oxygen atoms in total. The highest BCUT2D eigenvalue weighted by Gasteiger charge is 2.56. The number of nitrogens with zero attached hydrogens (tertiary/aromatic N) is 3. The van der Waals surface area contributed by atoms with Gasteiger partial charge in [0.15, 0.2) is 0 Å². The highest BCUT2D eigenvalue weighted by atomic mass is 35.5. The molecule has 148 valence electrons. The van der Waals surface area contributed by atoms with E-state index in [1.807, 2.05) is 11.8 Å².